The van der Waals surface area contributed by atoms with Crippen molar-refractivity contribution < 1.29 is 14.6 Å². The lowest BCUT2D eigenvalue weighted by atomic mass is 10.1. The number of carboxylic acid groups (broad SMARTS) is 1. The van der Waals surface area contributed by atoms with Crippen LogP contribution in [0.25, 0.3) is 0 Å². The number of rotatable bonds is 5. The van der Waals surface area contributed by atoms with Crippen molar-refractivity contribution in [3.63, 3.8) is 0 Å². The van der Waals surface area contributed by atoms with Gasteiger partial charge in [-0.3, -0.25) is 4.79 Å². The Labute approximate surface area is 120 Å². The minimum Gasteiger partial charge on any atom is -0.491 e. The molecular weight excluding hydrogens is 284 g/mol. The molecule has 0 spiro atoms. The molecule has 19 heavy (non-hydrogen) atoms. The predicted molar refractivity (Wildman–Crippen MR) is 76.4 cm³/mol. The molecule has 0 aliphatic heterocycles. The highest BCUT2D eigenvalue weighted by Gasteiger charge is 2.22. The van der Waals surface area contributed by atoms with Gasteiger partial charge in [-0.05, 0) is 31.2 Å². The van der Waals surface area contributed by atoms with Gasteiger partial charge in [-0.25, -0.2) is 0 Å². The van der Waals surface area contributed by atoms with Crippen LogP contribution in [0.5, 0.6) is 5.75 Å². The zero-order valence-corrected chi connectivity index (χ0v) is 11.9. The van der Waals surface area contributed by atoms with E-state index in [2.05, 4.69) is 0 Å². The molecule has 0 amide bonds. The number of ether oxygens (including phenoxy) is 1. The van der Waals surface area contributed by atoms with E-state index in [0.29, 0.717) is 10.8 Å². The van der Waals surface area contributed by atoms with Gasteiger partial charge < -0.3 is 9.84 Å². The zero-order valence-electron chi connectivity index (χ0n) is 10.3. The fourth-order valence-corrected chi connectivity index (χ4v) is 2.80. The van der Waals surface area contributed by atoms with E-state index in [1.165, 1.54) is 11.3 Å². The number of aliphatic carboxylic acids is 1. The summed E-state index contributed by atoms with van der Waals surface area (Å²) in [6.45, 7) is 2.01. The molecule has 100 valence electrons. The van der Waals surface area contributed by atoms with E-state index >= 15 is 0 Å². The monoisotopic (exact) mass is 296 g/mol. The van der Waals surface area contributed by atoms with Crippen molar-refractivity contribution in [3.8, 4) is 5.75 Å². The molecule has 3 nitrogen and oxygen atoms in total. The van der Waals surface area contributed by atoms with Crippen LogP contribution in [0.1, 0.15) is 15.7 Å². The normalized spacial score (nSPS) is 12.1. The van der Waals surface area contributed by atoms with Gasteiger partial charge in [-0.15, -0.1) is 11.3 Å². The predicted octanol–water partition coefficient (Wildman–Crippen LogP) is 3.96. The third kappa shape index (κ3) is 3.49. The third-order valence-electron chi connectivity index (χ3n) is 2.64. The highest BCUT2D eigenvalue weighted by molar-refractivity contribution is 7.12. The number of benzene rings is 1. The van der Waals surface area contributed by atoms with E-state index in [-0.39, 0.29) is 6.61 Å². The van der Waals surface area contributed by atoms with Crippen molar-refractivity contribution in [3.05, 3.63) is 51.2 Å². The third-order valence-corrected chi connectivity index (χ3v) is 4.07. The number of hydrogen-bond donors (Lipinski definition) is 1. The van der Waals surface area contributed by atoms with Crippen LogP contribution in [0, 0.1) is 6.92 Å². The second-order valence-electron chi connectivity index (χ2n) is 4.08. The largest absolute Gasteiger partial charge is 0.491 e. The van der Waals surface area contributed by atoms with Crippen LogP contribution in [0.3, 0.4) is 0 Å². The maximum Gasteiger partial charge on any atom is 0.315 e. The molecule has 2 aromatic rings. The lowest BCUT2D eigenvalue weighted by Gasteiger charge is -2.13. The summed E-state index contributed by atoms with van der Waals surface area (Å²) in [5.41, 5.74) is 0. The van der Waals surface area contributed by atoms with E-state index in [1.807, 2.05) is 19.1 Å². The molecule has 0 aliphatic rings. The summed E-state index contributed by atoms with van der Waals surface area (Å²) in [6, 6.07) is 10.8. The van der Waals surface area contributed by atoms with Gasteiger partial charge in [-0.1, -0.05) is 23.7 Å². The van der Waals surface area contributed by atoms with E-state index in [9.17, 15) is 9.90 Å². The smallest absolute Gasteiger partial charge is 0.315 e. The zero-order chi connectivity index (χ0) is 13.8. The quantitative estimate of drug-likeness (QED) is 0.908. The van der Waals surface area contributed by atoms with Crippen molar-refractivity contribution in [2.45, 2.75) is 12.8 Å². The van der Waals surface area contributed by atoms with Crippen molar-refractivity contribution in [1.82, 2.24) is 0 Å². The molecule has 1 heterocycles. The molecule has 1 unspecified atom stereocenters. The Morgan fingerprint density at radius 2 is 2.11 bits per heavy atom. The molecule has 1 aromatic carbocycles. The minimum absolute atomic E-state index is 0.0685. The molecule has 0 fully saturated rings. The minimum atomic E-state index is -0.895. The maximum atomic E-state index is 11.3. The number of thiophene rings is 1. The summed E-state index contributed by atoms with van der Waals surface area (Å²) < 4.78 is 5.52. The van der Waals surface area contributed by atoms with Crippen LogP contribution in [0.15, 0.2) is 36.4 Å². The van der Waals surface area contributed by atoms with Crippen LogP contribution >= 0.6 is 22.9 Å². The first-order valence-electron chi connectivity index (χ1n) is 5.74. The Kier molecular flexibility index (Phi) is 4.45. The van der Waals surface area contributed by atoms with Gasteiger partial charge in [0.2, 0.25) is 0 Å². The fourth-order valence-electron chi connectivity index (χ4n) is 1.65. The Morgan fingerprint density at radius 1 is 1.37 bits per heavy atom. The van der Waals surface area contributed by atoms with Crippen LogP contribution < -0.4 is 4.74 Å². The van der Waals surface area contributed by atoms with Crippen molar-refractivity contribution in [1.29, 1.82) is 0 Å². The average molecular weight is 297 g/mol. The molecule has 0 bridgehead atoms. The van der Waals surface area contributed by atoms with Gasteiger partial charge in [0, 0.05) is 9.75 Å². The van der Waals surface area contributed by atoms with Crippen molar-refractivity contribution >= 4 is 28.9 Å². The summed E-state index contributed by atoms with van der Waals surface area (Å²) >= 11 is 7.44. The number of carboxylic acids is 1. The first-order chi connectivity index (χ1) is 9.08. The number of hydrogen-bond acceptors (Lipinski definition) is 3. The summed E-state index contributed by atoms with van der Waals surface area (Å²) in [4.78, 5) is 13.2. The maximum absolute atomic E-state index is 11.3. The van der Waals surface area contributed by atoms with Gasteiger partial charge in [0.05, 0.1) is 5.02 Å². The molecule has 0 saturated heterocycles. The van der Waals surface area contributed by atoms with Crippen molar-refractivity contribution in [2.75, 3.05) is 6.61 Å². The first-order valence-corrected chi connectivity index (χ1v) is 6.94. The molecule has 2 rings (SSSR count). The van der Waals surface area contributed by atoms with Crippen LogP contribution in [-0.4, -0.2) is 17.7 Å². The Morgan fingerprint density at radius 3 is 2.68 bits per heavy atom. The van der Waals surface area contributed by atoms with Crippen LogP contribution in [-0.2, 0) is 4.79 Å². The van der Waals surface area contributed by atoms with Crippen molar-refractivity contribution in [2.24, 2.45) is 0 Å². The van der Waals surface area contributed by atoms with Crippen LogP contribution in [0.4, 0.5) is 0 Å². The molecule has 0 aliphatic carbocycles. The molecule has 1 atom stereocenters. The molecule has 5 heteroatoms. The number of aryl methyl sites for hydroxylation is 1. The van der Waals surface area contributed by atoms with Gasteiger partial charge in [0.1, 0.15) is 18.3 Å². The standard InChI is InChI=1S/C14H13ClO3S/c1-9-6-7-13(19-9)10(14(16)17)8-18-12-5-3-2-4-11(12)15/h2-7,10H,8H2,1H3,(H,16,17). The van der Waals surface area contributed by atoms with E-state index in [0.717, 1.165) is 9.75 Å². The second-order valence-corrected chi connectivity index (χ2v) is 5.81. The van der Waals surface area contributed by atoms with E-state index in [1.54, 1.807) is 24.3 Å². The van der Waals surface area contributed by atoms with Gasteiger partial charge >= 0.3 is 5.97 Å². The second kappa shape index (κ2) is 6.08. The van der Waals surface area contributed by atoms with E-state index < -0.39 is 11.9 Å². The Hall–Kier alpha value is -1.52. The number of para-hydroxylation sites is 1. The SMILES string of the molecule is Cc1ccc(C(COc2ccccc2Cl)C(=O)O)s1. The fraction of sp³-hybridized carbons (Fsp3) is 0.214. The highest BCUT2D eigenvalue weighted by Crippen LogP contribution is 2.28. The lowest BCUT2D eigenvalue weighted by molar-refractivity contribution is -0.139. The summed E-state index contributed by atoms with van der Waals surface area (Å²) in [7, 11) is 0. The lowest BCUT2D eigenvalue weighted by Crippen LogP contribution is -2.18. The molecular formula is C14H13ClO3S. The Bertz CT molecular complexity index is 580. The molecule has 1 N–H and O–H groups in total. The highest BCUT2D eigenvalue weighted by atomic mass is 35.5. The molecule has 1 aromatic heterocycles. The van der Waals surface area contributed by atoms with Crippen LogP contribution in [0.2, 0.25) is 5.02 Å². The summed E-state index contributed by atoms with van der Waals surface area (Å²) in [5.74, 6) is -1.06. The first kappa shape index (κ1) is 13.9. The van der Waals surface area contributed by atoms with E-state index in [4.69, 9.17) is 16.3 Å². The summed E-state index contributed by atoms with van der Waals surface area (Å²) in [6.07, 6.45) is 0. The van der Waals surface area contributed by atoms with Gasteiger partial charge in [0.25, 0.3) is 0 Å². The van der Waals surface area contributed by atoms with Gasteiger partial charge in [0.15, 0.2) is 0 Å². The van der Waals surface area contributed by atoms with Gasteiger partial charge in [-0.2, -0.15) is 0 Å². The summed E-state index contributed by atoms with van der Waals surface area (Å²) in [5, 5.41) is 9.76. The number of halogens is 1. The Balaban J connectivity index is 2.10. The topological polar surface area (TPSA) is 46.5 Å². The number of carbonyl (C=O) groups is 1. The molecule has 0 saturated carbocycles. The molecule has 0 radical (unpaired) electrons. The average Bonchev–Trinajstić information content (AvgIpc) is 2.78.